The lowest BCUT2D eigenvalue weighted by molar-refractivity contribution is -0.671. The van der Waals surface area contributed by atoms with Gasteiger partial charge in [-0.05, 0) is 41.5 Å². The molecular formula is C29H28NO9+. The fourth-order valence-corrected chi connectivity index (χ4v) is 5.84. The first-order chi connectivity index (χ1) is 18.9. The van der Waals surface area contributed by atoms with E-state index in [9.17, 15) is 9.59 Å². The van der Waals surface area contributed by atoms with Crippen molar-refractivity contribution in [1.82, 2.24) is 0 Å². The number of aryl methyl sites for hydroxylation is 1. The van der Waals surface area contributed by atoms with Gasteiger partial charge in [0.15, 0.2) is 35.4 Å². The molecule has 2 aliphatic heterocycles. The smallest absolute Gasteiger partial charge is 0.344 e. The van der Waals surface area contributed by atoms with Gasteiger partial charge in [-0.25, -0.2) is 9.36 Å². The highest BCUT2D eigenvalue weighted by atomic mass is 16.7. The molecule has 3 aromatic rings. The molecule has 6 rings (SSSR count). The Labute approximate surface area is 224 Å². The van der Waals surface area contributed by atoms with Crippen LogP contribution in [0.4, 0.5) is 0 Å². The van der Waals surface area contributed by atoms with E-state index in [0.29, 0.717) is 34.3 Å². The molecule has 0 amide bonds. The first-order valence-corrected chi connectivity index (χ1v) is 12.5. The van der Waals surface area contributed by atoms with Gasteiger partial charge < -0.3 is 33.2 Å². The number of benzene rings is 2. The van der Waals surface area contributed by atoms with Gasteiger partial charge in [-0.15, -0.1) is 0 Å². The number of esters is 2. The number of fused-ring (bicyclic) bond motifs is 3. The molecule has 0 bridgehead atoms. The van der Waals surface area contributed by atoms with Crippen LogP contribution < -0.4 is 28.3 Å². The third-order valence-corrected chi connectivity index (χ3v) is 7.57. The standard InChI is InChI=1S/C29H28NO9/c1-30-7-5-6-15(12-30)28(31)39-26-18-11-21-20(37-14-38-21)10-17(18)24(25-19(26)13-36-29(25)32)16-8-22(33-2)27(35-4)23(9-16)34-3/h5-12,19,24-26H,13-14H2,1-4H3/q+1. The third-order valence-electron chi connectivity index (χ3n) is 7.57. The zero-order chi connectivity index (χ0) is 27.3. The second-order valence-corrected chi connectivity index (χ2v) is 9.67. The maximum Gasteiger partial charge on any atom is 0.344 e. The minimum absolute atomic E-state index is 0.0763. The Balaban J connectivity index is 1.52. The van der Waals surface area contributed by atoms with Crippen LogP contribution >= 0.6 is 0 Å². The van der Waals surface area contributed by atoms with E-state index < -0.39 is 29.8 Å². The summed E-state index contributed by atoms with van der Waals surface area (Å²) in [7, 11) is 6.45. The van der Waals surface area contributed by atoms with Crippen molar-refractivity contribution in [1.29, 1.82) is 0 Å². The quantitative estimate of drug-likeness (QED) is 0.349. The highest BCUT2D eigenvalue weighted by molar-refractivity contribution is 5.89. The number of hydrogen-bond acceptors (Lipinski definition) is 9. The van der Waals surface area contributed by atoms with E-state index in [2.05, 4.69) is 0 Å². The average molecular weight is 535 g/mol. The molecule has 0 saturated carbocycles. The minimum Gasteiger partial charge on any atom is -0.493 e. The lowest BCUT2D eigenvalue weighted by Gasteiger charge is -2.38. The molecule has 3 heterocycles. The van der Waals surface area contributed by atoms with Crippen molar-refractivity contribution in [3.8, 4) is 28.7 Å². The van der Waals surface area contributed by atoms with Gasteiger partial charge in [0.2, 0.25) is 12.5 Å². The molecule has 0 radical (unpaired) electrons. The zero-order valence-electron chi connectivity index (χ0n) is 22.0. The van der Waals surface area contributed by atoms with Crippen LogP contribution in [-0.4, -0.2) is 46.7 Å². The lowest BCUT2D eigenvalue weighted by atomic mass is 9.66. The summed E-state index contributed by atoms with van der Waals surface area (Å²) < 4.78 is 41.6. The fraction of sp³-hybridized carbons (Fsp3) is 0.345. The molecule has 2 aromatic carbocycles. The predicted molar refractivity (Wildman–Crippen MR) is 134 cm³/mol. The highest BCUT2D eigenvalue weighted by Gasteiger charge is 2.54. The maximum atomic E-state index is 13.3. The summed E-state index contributed by atoms with van der Waals surface area (Å²) in [4.78, 5) is 26.6. The molecular weight excluding hydrogens is 506 g/mol. The molecule has 202 valence electrons. The van der Waals surface area contributed by atoms with Gasteiger partial charge in [0.05, 0.1) is 33.9 Å². The molecule has 1 aliphatic carbocycles. The Morgan fingerprint density at radius 1 is 0.949 bits per heavy atom. The Kier molecular flexibility index (Phi) is 6.17. The van der Waals surface area contributed by atoms with E-state index in [0.717, 1.165) is 16.7 Å². The third kappa shape index (κ3) is 4.07. The van der Waals surface area contributed by atoms with Crippen LogP contribution in [0.5, 0.6) is 28.7 Å². The van der Waals surface area contributed by atoms with Crippen LogP contribution in [-0.2, 0) is 21.3 Å². The Morgan fingerprint density at radius 2 is 1.64 bits per heavy atom. The maximum absolute atomic E-state index is 13.3. The molecule has 3 aliphatic rings. The average Bonchev–Trinajstić information content (AvgIpc) is 3.57. The molecule has 10 heteroatoms. The number of aromatic nitrogens is 1. The summed E-state index contributed by atoms with van der Waals surface area (Å²) in [6.07, 6.45) is 2.77. The zero-order valence-corrected chi connectivity index (χ0v) is 22.0. The molecule has 1 aromatic heterocycles. The number of rotatable bonds is 6. The second-order valence-electron chi connectivity index (χ2n) is 9.67. The topological polar surface area (TPSA) is 103 Å². The van der Waals surface area contributed by atoms with Gasteiger partial charge in [-0.1, -0.05) is 0 Å². The highest BCUT2D eigenvalue weighted by Crippen LogP contribution is 2.56. The van der Waals surface area contributed by atoms with Crippen LogP contribution in [0.1, 0.15) is 39.1 Å². The SMILES string of the molecule is COc1cc(C2c3cc4c(cc3C(OC(=O)c3ccc[n+](C)c3)C3COC(=O)C23)OCO4)cc(OC)c1OC. The Morgan fingerprint density at radius 3 is 2.28 bits per heavy atom. The monoisotopic (exact) mass is 534 g/mol. The number of carbonyl (C=O) groups excluding carboxylic acids is 2. The second kappa shape index (κ2) is 9.68. The minimum atomic E-state index is -0.748. The molecule has 1 fully saturated rings. The number of cyclic esters (lactones) is 1. The molecule has 1 saturated heterocycles. The van der Waals surface area contributed by atoms with E-state index in [1.165, 1.54) is 7.11 Å². The van der Waals surface area contributed by atoms with Crippen molar-refractivity contribution in [2.24, 2.45) is 18.9 Å². The predicted octanol–water partition coefficient (Wildman–Crippen LogP) is 3.10. The van der Waals surface area contributed by atoms with Gasteiger partial charge in [0, 0.05) is 23.5 Å². The number of methoxy groups -OCH3 is 3. The summed E-state index contributed by atoms with van der Waals surface area (Å²) >= 11 is 0. The molecule has 0 spiro atoms. The van der Waals surface area contributed by atoms with Crippen molar-refractivity contribution in [2.45, 2.75) is 12.0 Å². The Bertz CT molecular complexity index is 1440. The fourth-order valence-electron chi connectivity index (χ4n) is 5.84. The van der Waals surface area contributed by atoms with Gasteiger partial charge in [-0.3, -0.25) is 4.79 Å². The summed E-state index contributed by atoms with van der Waals surface area (Å²) in [5, 5.41) is 0. The number of carbonyl (C=O) groups is 2. The van der Waals surface area contributed by atoms with Crippen molar-refractivity contribution in [3.05, 3.63) is 71.0 Å². The van der Waals surface area contributed by atoms with E-state index in [4.69, 9.17) is 33.2 Å². The summed E-state index contributed by atoms with van der Waals surface area (Å²) in [5.41, 5.74) is 2.66. The van der Waals surface area contributed by atoms with Crippen LogP contribution in [0.15, 0.2) is 48.8 Å². The van der Waals surface area contributed by atoms with Crippen molar-refractivity contribution in [2.75, 3.05) is 34.7 Å². The van der Waals surface area contributed by atoms with Gasteiger partial charge >= 0.3 is 11.9 Å². The molecule has 39 heavy (non-hydrogen) atoms. The normalized spacial score (nSPS) is 22.4. The Hall–Kier alpha value is -4.47. The van der Waals surface area contributed by atoms with Crippen molar-refractivity contribution >= 4 is 11.9 Å². The van der Waals surface area contributed by atoms with Crippen molar-refractivity contribution < 1.29 is 47.3 Å². The van der Waals surface area contributed by atoms with Crippen LogP contribution in [0, 0.1) is 11.8 Å². The summed E-state index contributed by atoms with van der Waals surface area (Å²) in [5.74, 6) is 0.0701. The molecule has 4 atom stereocenters. The summed E-state index contributed by atoms with van der Waals surface area (Å²) in [6, 6.07) is 10.8. The van der Waals surface area contributed by atoms with Crippen LogP contribution in [0.3, 0.4) is 0 Å². The van der Waals surface area contributed by atoms with Crippen molar-refractivity contribution in [3.63, 3.8) is 0 Å². The molecule has 10 nitrogen and oxygen atoms in total. The number of ether oxygens (including phenoxy) is 7. The number of pyridine rings is 1. The molecule has 0 N–H and O–H groups in total. The van der Waals surface area contributed by atoms with E-state index >= 15 is 0 Å². The first-order valence-electron chi connectivity index (χ1n) is 12.5. The largest absolute Gasteiger partial charge is 0.493 e. The van der Waals surface area contributed by atoms with Crippen LogP contribution in [0.2, 0.25) is 0 Å². The van der Waals surface area contributed by atoms with E-state index in [1.807, 2.05) is 37.5 Å². The van der Waals surface area contributed by atoms with Gasteiger partial charge in [-0.2, -0.15) is 0 Å². The number of hydrogen-bond donors (Lipinski definition) is 0. The number of nitrogens with zero attached hydrogens (tertiary/aromatic N) is 1. The van der Waals surface area contributed by atoms with Gasteiger partial charge in [0.1, 0.15) is 18.7 Å². The van der Waals surface area contributed by atoms with Crippen LogP contribution in [0.25, 0.3) is 0 Å². The van der Waals surface area contributed by atoms with E-state index in [-0.39, 0.29) is 19.4 Å². The lowest BCUT2D eigenvalue weighted by Crippen LogP contribution is -2.37. The van der Waals surface area contributed by atoms with Gasteiger partial charge in [0.25, 0.3) is 0 Å². The molecule has 4 unspecified atom stereocenters. The summed E-state index contributed by atoms with van der Waals surface area (Å²) in [6.45, 7) is 0.186. The van der Waals surface area contributed by atoms with E-state index in [1.54, 1.807) is 37.1 Å². The first kappa shape index (κ1) is 24.8.